The minimum Gasteiger partial charge on any atom is -0.351 e. The summed E-state index contributed by atoms with van der Waals surface area (Å²) in [5, 5.41) is 1.96. The van der Waals surface area contributed by atoms with E-state index in [-0.39, 0.29) is 0 Å². The Balaban J connectivity index is 0.000000277. The van der Waals surface area contributed by atoms with Crippen molar-refractivity contribution in [1.82, 2.24) is 5.32 Å². The summed E-state index contributed by atoms with van der Waals surface area (Å²) in [6, 6.07) is 7.53. The second kappa shape index (κ2) is 8.74. The molecule has 0 fully saturated rings. The smallest absolute Gasteiger partial charge is 0.319 e. The Morgan fingerprint density at radius 1 is 1.07 bits per heavy atom. The van der Waals surface area contributed by atoms with Crippen molar-refractivity contribution in [1.29, 1.82) is 0 Å². The van der Waals surface area contributed by atoms with Crippen LogP contribution < -0.4 is 11.1 Å². The second-order valence-electron chi connectivity index (χ2n) is 5.76. The minimum atomic E-state index is -3.48. The molecule has 4 nitrogen and oxygen atoms in total. The zero-order valence-electron chi connectivity index (χ0n) is 14.2. The number of urea groups is 1. The third kappa shape index (κ3) is 4.69. The summed E-state index contributed by atoms with van der Waals surface area (Å²) in [5.74, 6) is -10.9. The van der Waals surface area contributed by atoms with Gasteiger partial charge in [0.1, 0.15) is 0 Å². The first-order valence-corrected chi connectivity index (χ1v) is 7.54. The zero-order chi connectivity index (χ0) is 20.9. The molecule has 148 valence electrons. The molecule has 0 radical (unpaired) electrons. The number of nitrogens with two attached hydrogens (primary N) is 1. The molecule has 3 N–H and O–H groups in total. The highest BCUT2D eigenvalue weighted by atomic mass is 19.2. The molecule has 10 heteroatoms. The largest absolute Gasteiger partial charge is 0.351 e. The van der Waals surface area contributed by atoms with Gasteiger partial charge in [0.05, 0.1) is 0 Å². The number of halogens is 6. The fraction of sp³-hybridized carbons (Fsp3) is 0.294. The Bertz CT molecular complexity index is 779. The standard InChI is InChI=1S/C9H8F6.C8H8N2O2/c1-3(2)9(15)7(13)5(11)4(10)6(12)8(9)14;9-8(12)10-7(11)6-4-2-1-3-5-6/h3,7H,1-2H3;1-5H,(H3,9,10,11,12). The van der Waals surface area contributed by atoms with Crippen molar-refractivity contribution in [3.63, 3.8) is 0 Å². The van der Waals surface area contributed by atoms with Crippen LogP contribution in [0.5, 0.6) is 0 Å². The number of amides is 3. The van der Waals surface area contributed by atoms with E-state index in [4.69, 9.17) is 5.73 Å². The van der Waals surface area contributed by atoms with Crippen molar-refractivity contribution in [3.05, 3.63) is 59.2 Å². The van der Waals surface area contributed by atoms with Crippen LogP contribution in [0.2, 0.25) is 0 Å². The number of hydrogen-bond donors (Lipinski definition) is 2. The van der Waals surface area contributed by atoms with E-state index in [0.717, 1.165) is 13.8 Å². The molecule has 3 amide bonds. The molecular formula is C17H16F6N2O2. The van der Waals surface area contributed by atoms with Crippen molar-refractivity contribution in [2.45, 2.75) is 25.7 Å². The third-order valence-electron chi connectivity index (χ3n) is 3.64. The van der Waals surface area contributed by atoms with Crippen molar-refractivity contribution < 1.29 is 35.9 Å². The number of rotatable bonds is 2. The van der Waals surface area contributed by atoms with Crippen LogP contribution in [-0.2, 0) is 0 Å². The first-order valence-electron chi connectivity index (χ1n) is 7.54. The van der Waals surface area contributed by atoms with Crippen molar-refractivity contribution in [2.24, 2.45) is 11.7 Å². The topological polar surface area (TPSA) is 72.2 Å². The first kappa shape index (κ1) is 22.3. The average Bonchev–Trinajstić information content (AvgIpc) is 2.63. The van der Waals surface area contributed by atoms with Gasteiger partial charge >= 0.3 is 6.03 Å². The summed E-state index contributed by atoms with van der Waals surface area (Å²) in [6.07, 6.45) is -3.16. The lowest BCUT2D eigenvalue weighted by Gasteiger charge is -2.32. The molecule has 0 aromatic heterocycles. The molecule has 0 heterocycles. The highest BCUT2D eigenvalue weighted by Crippen LogP contribution is 2.47. The van der Waals surface area contributed by atoms with Gasteiger partial charge in [-0.1, -0.05) is 32.0 Å². The molecule has 0 spiro atoms. The van der Waals surface area contributed by atoms with Gasteiger partial charge in [0.25, 0.3) is 5.91 Å². The molecule has 2 rings (SSSR count). The van der Waals surface area contributed by atoms with Gasteiger partial charge in [-0.05, 0) is 18.1 Å². The number of benzene rings is 1. The summed E-state index contributed by atoms with van der Waals surface area (Å²) in [6.45, 7) is 2.08. The van der Waals surface area contributed by atoms with E-state index in [2.05, 4.69) is 0 Å². The number of hydrogen-bond acceptors (Lipinski definition) is 2. The van der Waals surface area contributed by atoms with Gasteiger partial charge in [0.15, 0.2) is 29.5 Å². The fourth-order valence-electron chi connectivity index (χ4n) is 2.10. The molecule has 0 saturated carbocycles. The van der Waals surface area contributed by atoms with Crippen LogP contribution in [0, 0.1) is 5.92 Å². The minimum absolute atomic E-state index is 0.413. The van der Waals surface area contributed by atoms with E-state index in [1.54, 1.807) is 30.3 Å². The van der Waals surface area contributed by atoms with Crippen LogP contribution >= 0.6 is 0 Å². The molecule has 0 bridgehead atoms. The van der Waals surface area contributed by atoms with Crippen molar-refractivity contribution in [2.75, 3.05) is 0 Å². The lowest BCUT2D eigenvalue weighted by Crippen LogP contribution is -2.44. The maximum Gasteiger partial charge on any atom is 0.319 e. The first-order chi connectivity index (χ1) is 12.4. The quantitative estimate of drug-likeness (QED) is 0.725. The number of nitrogens with one attached hydrogen (secondary N) is 1. The molecule has 27 heavy (non-hydrogen) atoms. The van der Waals surface area contributed by atoms with Crippen LogP contribution in [0.25, 0.3) is 0 Å². The SMILES string of the molecule is CC(C)C1(F)C(F)=C(F)C(F)=C(F)C1F.NC(=O)NC(=O)c1ccccc1. The van der Waals surface area contributed by atoms with Gasteiger partial charge in [-0.25, -0.2) is 31.1 Å². The number of primary amides is 1. The second-order valence-corrected chi connectivity index (χ2v) is 5.76. The Labute approximate surface area is 150 Å². The summed E-state index contributed by atoms with van der Waals surface area (Å²) in [7, 11) is 0. The van der Waals surface area contributed by atoms with Gasteiger partial charge in [0.2, 0.25) is 5.67 Å². The maximum absolute atomic E-state index is 13.7. The summed E-state index contributed by atoms with van der Waals surface area (Å²) in [4.78, 5) is 21.3. The van der Waals surface area contributed by atoms with E-state index in [1.807, 2.05) is 5.32 Å². The molecule has 0 saturated heterocycles. The summed E-state index contributed by atoms with van der Waals surface area (Å²) in [5.41, 5.74) is 1.69. The Morgan fingerprint density at radius 2 is 1.59 bits per heavy atom. The molecule has 1 aromatic rings. The predicted molar refractivity (Wildman–Crippen MR) is 85.5 cm³/mol. The molecular weight excluding hydrogens is 378 g/mol. The molecule has 2 atom stereocenters. The molecule has 0 aliphatic heterocycles. The molecule has 1 aliphatic rings. The summed E-state index contributed by atoms with van der Waals surface area (Å²) >= 11 is 0. The van der Waals surface area contributed by atoms with Crippen LogP contribution in [0.3, 0.4) is 0 Å². The average molecular weight is 394 g/mol. The molecule has 2 unspecified atom stereocenters. The monoisotopic (exact) mass is 394 g/mol. The number of allylic oxidation sites excluding steroid dienone is 4. The van der Waals surface area contributed by atoms with E-state index in [9.17, 15) is 35.9 Å². The van der Waals surface area contributed by atoms with E-state index >= 15 is 0 Å². The normalized spacial score (nSPS) is 22.3. The Kier molecular flexibility index (Phi) is 7.21. The Hall–Kier alpha value is -2.78. The van der Waals surface area contributed by atoms with Gasteiger partial charge in [0, 0.05) is 5.56 Å². The Morgan fingerprint density at radius 3 is 2.04 bits per heavy atom. The van der Waals surface area contributed by atoms with Gasteiger partial charge < -0.3 is 5.73 Å². The van der Waals surface area contributed by atoms with Crippen LogP contribution in [0.4, 0.5) is 31.1 Å². The number of imide groups is 1. The maximum atomic E-state index is 13.7. The number of alkyl halides is 2. The van der Waals surface area contributed by atoms with Crippen LogP contribution in [-0.4, -0.2) is 23.8 Å². The van der Waals surface area contributed by atoms with Gasteiger partial charge in [-0.2, -0.15) is 0 Å². The van der Waals surface area contributed by atoms with Crippen LogP contribution in [0.1, 0.15) is 24.2 Å². The molecule has 1 aliphatic carbocycles. The van der Waals surface area contributed by atoms with E-state index in [0.29, 0.717) is 5.56 Å². The van der Waals surface area contributed by atoms with Gasteiger partial charge in [-0.15, -0.1) is 0 Å². The van der Waals surface area contributed by atoms with Crippen molar-refractivity contribution >= 4 is 11.9 Å². The fourth-order valence-corrected chi connectivity index (χ4v) is 2.10. The number of carbonyl (C=O) groups excluding carboxylic acids is 2. The third-order valence-corrected chi connectivity index (χ3v) is 3.64. The lowest BCUT2D eigenvalue weighted by atomic mass is 9.82. The highest BCUT2D eigenvalue weighted by Gasteiger charge is 2.55. The lowest BCUT2D eigenvalue weighted by molar-refractivity contribution is 0.0177. The van der Waals surface area contributed by atoms with E-state index < -0.39 is 53.0 Å². The van der Waals surface area contributed by atoms with Gasteiger partial charge in [-0.3, -0.25) is 10.1 Å². The predicted octanol–water partition coefficient (Wildman–Crippen LogP) is 4.50. The molecule has 1 aromatic carbocycles. The van der Waals surface area contributed by atoms with E-state index in [1.165, 1.54) is 0 Å². The van der Waals surface area contributed by atoms with Crippen molar-refractivity contribution in [3.8, 4) is 0 Å². The highest BCUT2D eigenvalue weighted by molar-refractivity contribution is 6.03. The summed E-state index contributed by atoms with van der Waals surface area (Å²) < 4.78 is 77.6. The zero-order valence-corrected chi connectivity index (χ0v) is 14.2. The number of carbonyl (C=O) groups is 2. The van der Waals surface area contributed by atoms with Crippen LogP contribution in [0.15, 0.2) is 53.6 Å².